The van der Waals surface area contributed by atoms with Crippen molar-refractivity contribution in [3.63, 3.8) is 0 Å². The predicted molar refractivity (Wildman–Crippen MR) is 84.2 cm³/mol. The summed E-state index contributed by atoms with van der Waals surface area (Å²) in [4.78, 5) is 0. The fourth-order valence-corrected chi connectivity index (χ4v) is 2.37. The third kappa shape index (κ3) is 2.76. The molecule has 2 nitrogen and oxygen atoms in total. The van der Waals surface area contributed by atoms with Crippen molar-refractivity contribution < 1.29 is 9.52 Å². The zero-order chi connectivity index (χ0) is 15.3. The average molecular weight is 274 g/mol. The van der Waals surface area contributed by atoms with E-state index in [2.05, 4.69) is 53.7 Å². The molecule has 1 aromatic heterocycles. The second kappa shape index (κ2) is 4.63. The average Bonchev–Trinajstić information content (AvgIpc) is 2.68. The molecule has 0 aliphatic rings. The Labute approximate surface area is 121 Å². The summed E-state index contributed by atoms with van der Waals surface area (Å²) in [7, 11) is 0. The summed E-state index contributed by atoms with van der Waals surface area (Å²) in [5, 5.41) is 10.8. The van der Waals surface area contributed by atoms with E-state index in [9.17, 15) is 5.11 Å². The monoisotopic (exact) mass is 274 g/mol. The summed E-state index contributed by atoms with van der Waals surface area (Å²) in [5.74, 6) is 0.636. The molecule has 1 N–H and O–H groups in total. The smallest absolute Gasteiger partial charge is 0.138 e. The van der Waals surface area contributed by atoms with Gasteiger partial charge in [0.2, 0.25) is 0 Å². The molecule has 1 atom stereocenters. The number of hydrogen-bond donors (Lipinski definition) is 1. The van der Waals surface area contributed by atoms with Gasteiger partial charge in [0.05, 0.1) is 0 Å². The first-order chi connectivity index (χ1) is 9.00. The van der Waals surface area contributed by atoms with E-state index >= 15 is 0 Å². The van der Waals surface area contributed by atoms with Crippen LogP contribution in [0.5, 0.6) is 0 Å². The van der Waals surface area contributed by atoms with Crippen LogP contribution in [-0.2, 0) is 10.8 Å². The van der Waals surface area contributed by atoms with Crippen LogP contribution < -0.4 is 0 Å². The number of aliphatic hydroxyl groups is 1. The minimum atomic E-state index is -0.576. The van der Waals surface area contributed by atoms with Crippen molar-refractivity contribution in [2.45, 2.75) is 65.4 Å². The van der Waals surface area contributed by atoms with E-state index in [0.29, 0.717) is 5.76 Å². The Morgan fingerprint density at radius 3 is 2.00 bits per heavy atom. The highest BCUT2D eigenvalue weighted by Gasteiger charge is 2.24. The van der Waals surface area contributed by atoms with Gasteiger partial charge < -0.3 is 9.52 Å². The molecule has 0 aliphatic carbocycles. The van der Waals surface area contributed by atoms with Gasteiger partial charge in [-0.2, -0.15) is 0 Å². The Morgan fingerprint density at radius 2 is 1.55 bits per heavy atom. The standard InChI is InChI=1S/C18H26O2/c1-11(19)15-9-12-8-13(17(2,3)4)10-14(16(12)20-15)18(5,6)7/h8-11,19H,1-7H3. The van der Waals surface area contributed by atoms with Crippen LogP contribution in [0.1, 0.15) is 71.5 Å². The molecule has 0 fully saturated rings. The van der Waals surface area contributed by atoms with Gasteiger partial charge in [0.25, 0.3) is 0 Å². The summed E-state index contributed by atoms with van der Waals surface area (Å²) in [6, 6.07) is 6.39. The van der Waals surface area contributed by atoms with E-state index in [4.69, 9.17) is 4.42 Å². The van der Waals surface area contributed by atoms with Crippen LogP contribution in [-0.4, -0.2) is 5.11 Å². The van der Waals surface area contributed by atoms with E-state index in [1.807, 2.05) is 6.07 Å². The molecule has 2 rings (SSSR count). The fourth-order valence-electron chi connectivity index (χ4n) is 2.37. The van der Waals surface area contributed by atoms with E-state index in [0.717, 1.165) is 11.0 Å². The maximum absolute atomic E-state index is 9.75. The molecular weight excluding hydrogens is 248 g/mol. The SMILES string of the molecule is CC(O)c1cc2cc(C(C)(C)C)cc(C(C)(C)C)c2o1. The van der Waals surface area contributed by atoms with E-state index in [-0.39, 0.29) is 10.8 Å². The lowest BCUT2D eigenvalue weighted by atomic mass is 9.80. The van der Waals surface area contributed by atoms with Gasteiger partial charge in [0.1, 0.15) is 17.4 Å². The predicted octanol–water partition coefficient (Wildman–Crippen LogP) is 5.08. The molecule has 20 heavy (non-hydrogen) atoms. The Kier molecular flexibility index (Phi) is 3.50. The Hall–Kier alpha value is -1.28. The molecule has 2 heteroatoms. The summed E-state index contributed by atoms with van der Waals surface area (Å²) in [5.41, 5.74) is 3.50. The lowest BCUT2D eigenvalue weighted by molar-refractivity contribution is 0.172. The Bertz CT molecular complexity index is 619. The fraction of sp³-hybridized carbons (Fsp3) is 0.556. The Balaban J connectivity index is 2.79. The minimum Gasteiger partial charge on any atom is -0.458 e. The molecule has 0 radical (unpaired) electrons. The van der Waals surface area contributed by atoms with Gasteiger partial charge in [-0.1, -0.05) is 47.6 Å². The molecule has 110 valence electrons. The maximum Gasteiger partial charge on any atom is 0.138 e. The van der Waals surface area contributed by atoms with E-state index in [1.165, 1.54) is 11.1 Å². The van der Waals surface area contributed by atoms with Crippen molar-refractivity contribution in [3.8, 4) is 0 Å². The van der Waals surface area contributed by atoms with Crippen molar-refractivity contribution >= 4 is 11.0 Å². The molecule has 0 saturated carbocycles. The van der Waals surface area contributed by atoms with Crippen molar-refractivity contribution in [2.24, 2.45) is 0 Å². The van der Waals surface area contributed by atoms with E-state index < -0.39 is 6.10 Å². The van der Waals surface area contributed by atoms with Gasteiger partial charge >= 0.3 is 0 Å². The first kappa shape index (κ1) is 15.1. The molecule has 2 aromatic rings. The van der Waals surface area contributed by atoms with Gasteiger partial charge in [0.15, 0.2) is 0 Å². The number of hydrogen-bond acceptors (Lipinski definition) is 2. The molecular formula is C18H26O2. The second-order valence-electron chi connectivity index (χ2n) is 7.77. The number of benzene rings is 1. The number of aliphatic hydroxyl groups excluding tert-OH is 1. The zero-order valence-corrected chi connectivity index (χ0v) is 13.7. The van der Waals surface area contributed by atoms with Crippen LogP contribution >= 0.6 is 0 Å². The van der Waals surface area contributed by atoms with Crippen molar-refractivity contribution in [2.75, 3.05) is 0 Å². The summed E-state index contributed by atoms with van der Waals surface area (Å²) in [6.45, 7) is 15.0. The largest absolute Gasteiger partial charge is 0.458 e. The Morgan fingerprint density at radius 1 is 0.950 bits per heavy atom. The van der Waals surface area contributed by atoms with Crippen LogP contribution in [0.3, 0.4) is 0 Å². The van der Waals surface area contributed by atoms with Crippen molar-refractivity contribution in [1.82, 2.24) is 0 Å². The van der Waals surface area contributed by atoms with Gasteiger partial charge in [-0.05, 0) is 35.4 Å². The number of rotatable bonds is 1. The molecule has 0 saturated heterocycles. The maximum atomic E-state index is 9.75. The minimum absolute atomic E-state index is 0.00727. The third-order valence-electron chi connectivity index (χ3n) is 3.72. The first-order valence-corrected chi connectivity index (χ1v) is 7.26. The molecule has 1 unspecified atom stereocenters. The highest BCUT2D eigenvalue weighted by molar-refractivity contribution is 5.83. The van der Waals surface area contributed by atoms with Crippen LogP contribution in [0.4, 0.5) is 0 Å². The topological polar surface area (TPSA) is 33.4 Å². The summed E-state index contributed by atoms with van der Waals surface area (Å²) >= 11 is 0. The second-order valence-corrected chi connectivity index (χ2v) is 7.77. The highest BCUT2D eigenvalue weighted by atomic mass is 16.4. The van der Waals surface area contributed by atoms with Gasteiger partial charge in [0, 0.05) is 10.9 Å². The molecule has 0 bridgehead atoms. The van der Waals surface area contributed by atoms with Gasteiger partial charge in [-0.25, -0.2) is 0 Å². The molecule has 0 aliphatic heterocycles. The number of fused-ring (bicyclic) bond motifs is 1. The normalized spacial score (nSPS) is 14.8. The first-order valence-electron chi connectivity index (χ1n) is 7.26. The summed E-state index contributed by atoms with van der Waals surface area (Å²) < 4.78 is 5.90. The van der Waals surface area contributed by atoms with Crippen LogP contribution in [0.2, 0.25) is 0 Å². The van der Waals surface area contributed by atoms with Crippen LogP contribution in [0, 0.1) is 0 Å². The van der Waals surface area contributed by atoms with E-state index in [1.54, 1.807) is 6.92 Å². The van der Waals surface area contributed by atoms with Crippen LogP contribution in [0.15, 0.2) is 22.6 Å². The van der Waals surface area contributed by atoms with Gasteiger partial charge in [-0.15, -0.1) is 0 Å². The third-order valence-corrected chi connectivity index (χ3v) is 3.72. The molecule has 1 aromatic carbocycles. The lowest BCUT2D eigenvalue weighted by Crippen LogP contribution is -2.16. The molecule has 0 spiro atoms. The van der Waals surface area contributed by atoms with Crippen LogP contribution in [0.25, 0.3) is 11.0 Å². The number of furan rings is 1. The molecule has 1 heterocycles. The van der Waals surface area contributed by atoms with Crippen molar-refractivity contribution in [1.29, 1.82) is 0 Å². The van der Waals surface area contributed by atoms with Crippen molar-refractivity contribution in [3.05, 3.63) is 35.1 Å². The highest BCUT2D eigenvalue weighted by Crippen LogP contribution is 2.37. The summed E-state index contributed by atoms with van der Waals surface area (Å²) in [6.07, 6.45) is -0.576. The quantitative estimate of drug-likeness (QED) is 0.786. The lowest BCUT2D eigenvalue weighted by Gasteiger charge is -2.25. The zero-order valence-electron chi connectivity index (χ0n) is 13.7. The molecule has 0 amide bonds. The van der Waals surface area contributed by atoms with Gasteiger partial charge in [-0.3, -0.25) is 0 Å².